The van der Waals surface area contributed by atoms with Gasteiger partial charge in [-0.15, -0.1) is 0 Å². The summed E-state index contributed by atoms with van der Waals surface area (Å²) in [6, 6.07) is 7.64. The molecular formula is C50H78ClN7O13. The molecule has 2 aliphatic heterocycles. The van der Waals surface area contributed by atoms with E-state index in [2.05, 4.69) is 24.9 Å². The molecule has 1 aromatic carbocycles. The topological polar surface area (TPSA) is 205 Å². The molecule has 1 fully saturated rings. The minimum absolute atomic E-state index is 0.00394. The van der Waals surface area contributed by atoms with Crippen LogP contribution in [0.4, 0.5) is 10.5 Å². The van der Waals surface area contributed by atoms with E-state index in [4.69, 9.17) is 59.2 Å². The molecule has 0 aliphatic carbocycles. The second kappa shape index (κ2) is 32.2. The normalized spacial score (nSPS) is 14.5. The number of nitrogens with one attached hydrogen (secondary N) is 2. The zero-order valence-electron chi connectivity index (χ0n) is 42.4. The average molecular weight is 1020 g/mol. The number of benzene rings is 1. The fraction of sp³-hybridized carbons (Fsp3) is 0.700. The number of aromatic nitrogens is 3. The number of anilines is 1. The van der Waals surface area contributed by atoms with Gasteiger partial charge in [0.2, 0.25) is 5.91 Å². The number of nitrogens with zero attached hydrogens (tertiary/aromatic N) is 5. The van der Waals surface area contributed by atoms with Crippen LogP contribution in [-0.2, 0) is 75.5 Å². The standard InChI is InChI=1S/C50H78ClN7O13/c1-49(2,3)71-48(61)56-19-11-50(12-20-56)41-9-13-54-38-44(41)58(47(50)60)39-45-55-42-37-40(51)7-8-43(42)57(45)18-5-6-21-63-23-25-65-27-29-67-31-33-69-35-36-70-34-32-68-30-28-66-26-24-64-22-17-53-16-15-52-14-10-46(59)62-4/h7-9,13,37-38,52-53H,5-6,10-12,14-36,39H2,1-4H3. The maximum absolute atomic E-state index is 14.5. The molecule has 2 aromatic heterocycles. The highest BCUT2D eigenvalue weighted by molar-refractivity contribution is 6.31. The van der Waals surface area contributed by atoms with Gasteiger partial charge in [-0.2, -0.15) is 0 Å². The molecule has 0 saturated carbocycles. The smallest absolute Gasteiger partial charge is 0.410 e. The van der Waals surface area contributed by atoms with Crippen molar-refractivity contribution in [1.82, 2.24) is 30.1 Å². The Balaban J connectivity index is 0.835. The van der Waals surface area contributed by atoms with E-state index in [1.807, 2.05) is 49.9 Å². The molecule has 0 bridgehead atoms. The van der Waals surface area contributed by atoms with E-state index in [1.54, 1.807) is 17.3 Å². The van der Waals surface area contributed by atoms with Gasteiger partial charge in [0, 0.05) is 63.6 Å². The molecule has 21 heteroatoms. The van der Waals surface area contributed by atoms with Crippen LogP contribution in [0.2, 0.25) is 5.02 Å². The zero-order valence-corrected chi connectivity index (χ0v) is 43.1. The molecule has 20 nitrogen and oxygen atoms in total. The molecule has 4 heterocycles. The van der Waals surface area contributed by atoms with Gasteiger partial charge in [0.1, 0.15) is 11.4 Å². The highest BCUT2D eigenvalue weighted by Crippen LogP contribution is 2.48. The average Bonchev–Trinajstić information content (AvgIpc) is 3.80. The predicted molar refractivity (Wildman–Crippen MR) is 267 cm³/mol. The Morgan fingerprint density at radius 2 is 1.27 bits per heavy atom. The number of imidazole rings is 1. The van der Waals surface area contributed by atoms with Crippen LogP contribution in [0.1, 0.15) is 64.3 Å². The molecule has 2 N–H and O–H groups in total. The third kappa shape index (κ3) is 20.1. The van der Waals surface area contributed by atoms with Crippen molar-refractivity contribution < 1.29 is 61.8 Å². The summed E-state index contributed by atoms with van der Waals surface area (Å²) in [5.74, 6) is 0.556. The number of esters is 1. The van der Waals surface area contributed by atoms with E-state index in [-0.39, 0.29) is 24.5 Å². The maximum Gasteiger partial charge on any atom is 0.410 e. The van der Waals surface area contributed by atoms with Gasteiger partial charge in [-0.25, -0.2) is 9.78 Å². The minimum Gasteiger partial charge on any atom is -0.469 e. The number of carbonyl (C=O) groups excluding carboxylic acids is 3. The minimum atomic E-state index is -0.749. The Bertz CT molecular complexity index is 2010. The molecule has 1 spiro atoms. The summed E-state index contributed by atoms with van der Waals surface area (Å²) in [5.41, 5.74) is 2.10. The van der Waals surface area contributed by atoms with Crippen LogP contribution in [0, 0.1) is 0 Å². The van der Waals surface area contributed by atoms with E-state index in [9.17, 15) is 14.4 Å². The van der Waals surface area contributed by atoms with Crippen LogP contribution in [-0.4, -0.2) is 195 Å². The van der Waals surface area contributed by atoms with Crippen LogP contribution in [0.15, 0.2) is 36.7 Å². The van der Waals surface area contributed by atoms with Crippen LogP contribution in [0.3, 0.4) is 0 Å². The number of unbranched alkanes of at least 4 members (excludes halogenated alkanes) is 1. The van der Waals surface area contributed by atoms with Crippen LogP contribution in [0.25, 0.3) is 11.0 Å². The lowest BCUT2D eigenvalue weighted by Gasteiger charge is -2.38. The van der Waals surface area contributed by atoms with Gasteiger partial charge in [0.05, 0.1) is 148 Å². The summed E-state index contributed by atoms with van der Waals surface area (Å²) in [6.45, 7) is 18.3. The number of ether oxygens (including phenoxy) is 10. The summed E-state index contributed by atoms with van der Waals surface area (Å²) in [6.07, 6.45) is 6.18. The second-order valence-corrected chi connectivity index (χ2v) is 18.5. The molecule has 2 amide bonds. The number of piperidine rings is 1. The summed E-state index contributed by atoms with van der Waals surface area (Å²) in [5, 5.41) is 7.03. The van der Waals surface area contributed by atoms with E-state index >= 15 is 0 Å². The third-order valence-electron chi connectivity index (χ3n) is 11.8. The number of hydrogen-bond acceptors (Lipinski definition) is 17. The number of pyridine rings is 1. The highest BCUT2D eigenvalue weighted by atomic mass is 35.5. The molecule has 0 atom stereocenters. The fourth-order valence-electron chi connectivity index (χ4n) is 8.17. The third-order valence-corrected chi connectivity index (χ3v) is 12.0. The first kappa shape index (κ1) is 57.8. The molecule has 71 heavy (non-hydrogen) atoms. The first-order valence-corrected chi connectivity index (χ1v) is 25.4. The van der Waals surface area contributed by atoms with Gasteiger partial charge >= 0.3 is 12.1 Å². The van der Waals surface area contributed by atoms with Crippen LogP contribution >= 0.6 is 11.6 Å². The van der Waals surface area contributed by atoms with Crippen LogP contribution < -0.4 is 15.5 Å². The number of likely N-dealkylation sites (tertiary alicyclic amines) is 1. The van der Waals surface area contributed by atoms with Crippen LogP contribution in [0.5, 0.6) is 0 Å². The molecule has 1 saturated heterocycles. The van der Waals surface area contributed by atoms with Gasteiger partial charge < -0.3 is 72.4 Å². The molecule has 2 aliphatic rings. The lowest BCUT2D eigenvalue weighted by molar-refractivity contribution is -0.140. The largest absolute Gasteiger partial charge is 0.469 e. The van der Waals surface area contributed by atoms with Crippen molar-refractivity contribution >= 4 is 46.3 Å². The number of rotatable bonds is 37. The predicted octanol–water partition coefficient (Wildman–Crippen LogP) is 4.56. The molecule has 5 rings (SSSR count). The number of hydrogen-bond donors (Lipinski definition) is 2. The monoisotopic (exact) mass is 1020 g/mol. The fourth-order valence-corrected chi connectivity index (χ4v) is 8.34. The summed E-state index contributed by atoms with van der Waals surface area (Å²) < 4.78 is 57.2. The van der Waals surface area contributed by atoms with E-state index in [1.165, 1.54) is 7.11 Å². The Morgan fingerprint density at radius 1 is 0.718 bits per heavy atom. The maximum atomic E-state index is 14.5. The van der Waals surface area contributed by atoms with Crippen molar-refractivity contribution in [3.05, 3.63) is 53.1 Å². The Labute approximate surface area is 423 Å². The molecule has 0 unspecified atom stereocenters. The highest BCUT2D eigenvalue weighted by Gasteiger charge is 2.53. The van der Waals surface area contributed by atoms with Gasteiger partial charge in [-0.1, -0.05) is 11.6 Å². The molecule has 3 aromatic rings. The van der Waals surface area contributed by atoms with Crippen molar-refractivity contribution in [2.45, 2.75) is 77.0 Å². The van der Waals surface area contributed by atoms with Gasteiger partial charge in [0.15, 0.2) is 0 Å². The quantitative estimate of drug-likeness (QED) is 0.0600. The number of amides is 2. The SMILES string of the molecule is COC(=O)CCNCCNCCOCCOCCOCCOCCOCCOCCOCCOCCCCn1c(CN2C(=O)C3(CCN(C(=O)OC(C)(C)C)CC3)c3ccncc32)nc2cc(Cl)ccc21. The van der Waals surface area contributed by atoms with Crippen molar-refractivity contribution in [1.29, 1.82) is 0 Å². The van der Waals surface area contributed by atoms with Gasteiger partial charge in [-0.05, 0) is 76.3 Å². The first-order valence-electron chi connectivity index (χ1n) is 25.0. The lowest BCUT2D eigenvalue weighted by Crippen LogP contribution is -2.51. The lowest BCUT2D eigenvalue weighted by atomic mass is 9.74. The Morgan fingerprint density at radius 3 is 1.83 bits per heavy atom. The summed E-state index contributed by atoms with van der Waals surface area (Å²) >= 11 is 6.39. The summed E-state index contributed by atoms with van der Waals surface area (Å²) in [7, 11) is 1.39. The number of methoxy groups -OCH3 is 1. The number of aryl methyl sites for hydroxylation is 1. The number of fused-ring (bicyclic) bond motifs is 3. The van der Waals surface area contributed by atoms with E-state index in [0.29, 0.717) is 156 Å². The summed E-state index contributed by atoms with van der Waals surface area (Å²) in [4.78, 5) is 51.3. The first-order chi connectivity index (χ1) is 34.5. The number of carbonyl (C=O) groups is 3. The number of halogens is 1. The molecule has 0 radical (unpaired) electrons. The van der Waals surface area contributed by atoms with Crippen molar-refractivity contribution in [2.24, 2.45) is 0 Å². The van der Waals surface area contributed by atoms with Gasteiger partial charge in [0.25, 0.3) is 0 Å². The van der Waals surface area contributed by atoms with E-state index in [0.717, 1.165) is 60.6 Å². The van der Waals surface area contributed by atoms with E-state index < -0.39 is 11.0 Å². The van der Waals surface area contributed by atoms with Crippen molar-refractivity contribution in [3.8, 4) is 0 Å². The second-order valence-electron chi connectivity index (χ2n) is 18.1. The Hall–Kier alpha value is -4.06. The Kier molecular flexibility index (Phi) is 26.2. The van der Waals surface area contributed by atoms with Gasteiger partial charge in [-0.3, -0.25) is 14.6 Å². The van der Waals surface area contributed by atoms with Crippen molar-refractivity contribution in [3.63, 3.8) is 0 Å². The molecular weight excluding hydrogens is 942 g/mol. The zero-order chi connectivity index (χ0) is 50.6. The van der Waals surface area contributed by atoms with Crippen molar-refractivity contribution in [2.75, 3.05) is 157 Å². The molecule has 398 valence electrons.